The average molecular weight is 277 g/mol. The minimum atomic E-state index is 0.638. The molecule has 1 aromatic heterocycles. The molecule has 2 heterocycles. The zero-order valence-corrected chi connectivity index (χ0v) is 12.8. The van der Waals surface area contributed by atoms with Crippen molar-refractivity contribution in [3.63, 3.8) is 0 Å². The van der Waals surface area contributed by atoms with Crippen molar-refractivity contribution in [2.75, 3.05) is 26.7 Å². The van der Waals surface area contributed by atoms with E-state index in [0.717, 1.165) is 6.54 Å². The van der Waals surface area contributed by atoms with Crippen molar-refractivity contribution in [3.8, 4) is 5.88 Å². The van der Waals surface area contributed by atoms with E-state index in [9.17, 15) is 0 Å². The maximum Gasteiger partial charge on any atom is 0.212 e. The Balaban J connectivity index is 1.75. The van der Waals surface area contributed by atoms with Crippen molar-refractivity contribution >= 4 is 0 Å². The van der Waals surface area contributed by atoms with Gasteiger partial charge in [0.1, 0.15) is 0 Å². The van der Waals surface area contributed by atoms with Crippen LogP contribution in [0.4, 0.5) is 0 Å². The Labute approximate surface area is 122 Å². The van der Waals surface area contributed by atoms with Crippen LogP contribution in [0.15, 0.2) is 18.3 Å². The van der Waals surface area contributed by atoms with E-state index in [1.165, 1.54) is 50.9 Å². The Morgan fingerprint density at radius 2 is 2.25 bits per heavy atom. The Bertz CT molecular complexity index is 380. The van der Waals surface area contributed by atoms with Gasteiger partial charge in [-0.15, -0.1) is 0 Å². The van der Waals surface area contributed by atoms with Gasteiger partial charge in [0.25, 0.3) is 0 Å². The highest BCUT2D eigenvalue weighted by atomic mass is 16.5. The number of rotatable bonds is 6. The fourth-order valence-electron chi connectivity index (χ4n) is 2.80. The first-order valence-electron chi connectivity index (χ1n) is 7.76. The van der Waals surface area contributed by atoms with E-state index in [4.69, 9.17) is 4.74 Å². The van der Waals surface area contributed by atoms with Gasteiger partial charge < -0.3 is 15.0 Å². The summed E-state index contributed by atoms with van der Waals surface area (Å²) in [4.78, 5) is 6.84. The molecule has 0 bridgehead atoms. The third-order valence-corrected chi connectivity index (χ3v) is 3.96. The Kier molecular flexibility index (Phi) is 6.27. The van der Waals surface area contributed by atoms with Gasteiger partial charge in [-0.2, -0.15) is 0 Å². The summed E-state index contributed by atoms with van der Waals surface area (Å²) in [7, 11) is 1.65. The molecule has 1 aromatic rings. The van der Waals surface area contributed by atoms with Gasteiger partial charge in [-0.1, -0.05) is 13.0 Å². The van der Waals surface area contributed by atoms with Crippen molar-refractivity contribution in [2.24, 2.45) is 0 Å². The number of pyridine rings is 1. The molecule has 0 aliphatic carbocycles. The molecule has 112 valence electrons. The molecule has 2 rings (SSSR count). The van der Waals surface area contributed by atoms with Crippen LogP contribution in [0.5, 0.6) is 5.88 Å². The number of methoxy groups -OCH3 is 1. The molecule has 1 aliphatic heterocycles. The van der Waals surface area contributed by atoms with Crippen LogP contribution in [-0.4, -0.2) is 42.7 Å². The summed E-state index contributed by atoms with van der Waals surface area (Å²) in [5.74, 6) is 0.679. The average Bonchev–Trinajstić information content (AvgIpc) is 2.71. The molecule has 1 atom stereocenters. The van der Waals surface area contributed by atoms with E-state index in [1.54, 1.807) is 7.11 Å². The molecule has 1 N–H and O–H groups in total. The normalized spacial score (nSPS) is 20.6. The second-order valence-corrected chi connectivity index (χ2v) is 5.56. The van der Waals surface area contributed by atoms with Gasteiger partial charge in [-0.3, -0.25) is 0 Å². The monoisotopic (exact) mass is 277 g/mol. The highest BCUT2D eigenvalue weighted by Crippen LogP contribution is 2.13. The number of nitrogens with zero attached hydrogens (tertiary/aromatic N) is 2. The van der Waals surface area contributed by atoms with E-state index >= 15 is 0 Å². The molecule has 1 saturated heterocycles. The Morgan fingerprint density at radius 3 is 2.95 bits per heavy atom. The SMILES string of the molecule is CCCN1CCCC(NCc2ccc(OC)nc2)CC1. The van der Waals surface area contributed by atoms with Crippen molar-refractivity contribution in [1.29, 1.82) is 0 Å². The first-order valence-corrected chi connectivity index (χ1v) is 7.76. The van der Waals surface area contributed by atoms with Crippen molar-refractivity contribution < 1.29 is 4.74 Å². The molecule has 1 aliphatic rings. The fraction of sp³-hybridized carbons (Fsp3) is 0.688. The summed E-state index contributed by atoms with van der Waals surface area (Å²) in [6.45, 7) is 6.89. The molecule has 20 heavy (non-hydrogen) atoms. The second-order valence-electron chi connectivity index (χ2n) is 5.56. The lowest BCUT2D eigenvalue weighted by molar-refractivity contribution is 0.282. The first-order chi connectivity index (χ1) is 9.81. The number of likely N-dealkylation sites (tertiary alicyclic amines) is 1. The highest BCUT2D eigenvalue weighted by molar-refractivity contribution is 5.17. The summed E-state index contributed by atoms with van der Waals surface area (Å²) in [5, 5.41) is 3.67. The van der Waals surface area contributed by atoms with E-state index < -0.39 is 0 Å². The number of aromatic nitrogens is 1. The van der Waals surface area contributed by atoms with Crippen LogP contribution in [0.2, 0.25) is 0 Å². The molecule has 4 heteroatoms. The largest absolute Gasteiger partial charge is 0.481 e. The van der Waals surface area contributed by atoms with Crippen LogP contribution in [0.25, 0.3) is 0 Å². The lowest BCUT2D eigenvalue weighted by Gasteiger charge is -2.19. The van der Waals surface area contributed by atoms with Crippen molar-refractivity contribution in [3.05, 3.63) is 23.9 Å². The van der Waals surface area contributed by atoms with Crippen LogP contribution < -0.4 is 10.1 Å². The summed E-state index contributed by atoms with van der Waals surface area (Å²) < 4.78 is 5.08. The number of hydrogen-bond acceptors (Lipinski definition) is 4. The van der Waals surface area contributed by atoms with Gasteiger partial charge in [0.2, 0.25) is 5.88 Å². The van der Waals surface area contributed by atoms with Crippen LogP contribution in [0.3, 0.4) is 0 Å². The van der Waals surface area contributed by atoms with E-state index in [-0.39, 0.29) is 0 Å². The molecular weight excluding hydrogens is 250 g/mol. The van der Waals surface area contributed by atoms with Crippen LogP contribution >= 0.6 is 0 Å². The summed E-state index contributed by atoms with van der Waals surface area (Å²) in [6, 6.07) is 4.64. The van der Waals surface area contributed by atoms with E-state index in [0.29, 0.717) is 11.9 Å². The van der Waals surface area contributed by atoms with Gasteiger partial charge in [0, 0.05) is 24.8 Å². The molecule has 0 radical (unpaired) electrons. The van der Waals surface area contributed by atoms with Gasteiger partial charge in [0.15, 0.2) is 0 Å². The number of hydrogen-bond donors (Lipinski definition) is 1. The molecule has 1 unspecified atom stereocenters. The summed E-state index contributed by atoms with van der Waals surface area (Å²) in [6.07, 6.45) is 6.99. The first kappa shape index (κ1) is 15.3. The number of nitrogens with one attached hydrogen (secondary N) is 1. The predicted molar refractivity (Wildman–Crippen MR) is 82.0 cm³/mol. The van der Waals surface area contributed by atoms with Crippen LogP contribution in [0.1, 0.15) is 38.2 Å². The molecule has 0 amide bonds. The smallest absolute Gasteiger partial charge is 0.212 e. The number of ether oxygens (including phenoxy) is 1. The minimum Gasteiger partial charge on any atom is -0.481 e. The maximum atomic E-state index is 5.08. The molecule has 1 fully saturated rings. The van der Waals surface area contributed by atoms with Gasteiger partial charge in [0.05, 0.1) is 7.11 Å². The van der Waals surface area contributed by atoms with Crippen LogP contribution in [0, 0.1) is 0 Å². The maximum absolute atomic E-state index is 5.08. The Hall–Kier alpha value is -1.13. The third kappa shape index (κ3) is 4.76. The van der Waals surface area contributed by atoms with Crippen molar-refractivity contribution in [2.45, 2.75) is 45.2 Å². The fourth-order valence-corrected chi connectivity index (χ4v) is 2.80. The van der Waals surface area contributed by atoms with Crippen LogP contribution in [-0.2, 0) is 6.54 Å². The summed E-state index contributed by atoms with van der Waals surface area (Å²) in [5.41, 5.74) is 1.22. The summed E-state index contributed by atoms with van der Waals surface area (Å²) >= 11 is 0. The zero-order chi connectivity index (χ0) is 14.2. The molecular formula is C16H27N3O. The molecule has 0 saturated carbocycles. The zero-order valence-electron chi connectivity index (χ0n) is 12.8. The lowest BCUT2D eigenvalue weighted by atomic mass is 10.1. The minimum absolute atomic E-state index is 0.638. The Morgan fingerprint density at radius 1 is 1.35 bits per heavy atom. The lowest BCUT2D eigenvalue weighted by Crippen LogP contribution is -2.31. The quantitative estimate of drug-likeness (QED) is 0.866. The standard InChI is InChI=1S/C16H27N3O/c1-3-9-19-10-4-5-15(8-11-19)17-12-14-6-7-16(20-2)18-13-14/h6-7,13,15,17H,3-5,8-12H2,1-2H3. The van der Waals surface area contributed by atoms with E-state index in [2.05, 4.69) is 28.2 Å². The van der Waals surface area contributed by atoms with E-state index in [1.807, 2.05) is 12.3 Å². The molecule has 0 spiro atoms. The van der Waals surface area contributed by atoms with Gasteiger partial charge in [-0.05, 0) is 50.9 Å². The van der Waals surface area contributed by atoms with Gasteiger partial charge >= 0.3 is 0 Å². The predicted octanol–water partition coefficient (Wildman–Crippen LogP) is 2.44. The highest BCUT2D eigenvalue weighted by Gasteiger charge is 2.15. The second kappa shape index (κ2) is 8.22. The third-order valence-electron chi connectivity index (χ3n) is 3.96. The topological polar surface area (TPSA) is 37.4 Å². The molecule has 4 nitrogen and oxygen atoms in total. The van der Waals surface area contributed by atoms with Gasteiger partial charge in [-0.25, -0.2) is 4.98 Å². The molecule has 0 aromatic carbocycles. The van der Waals surface area contributed by atoms with Crippen molar-refractivity contribution in [1.82, 2.24) is 15.2 Å².